The fourth-order valence-electron chi connectivity index (χ4n) is 5.54. The maximum atomic E-state index is 5.71. The van der Waals surface area contributed by atoms with Gasteiger partial charge in [0.15, 0.2) is 0 Å². The SMILES string of the molecule is Cc1c(CN)nnn1CC12CC3CC(CC(C3)C1)C2. The lowest BCUT2D eigenvalue weighted by Gasteiger charge is -2.56. The third-order valence-electron chi connectivity index (χ3n) is 5.92. The van der Waals surface area contributed by atoms with Crippen molar-refractivity contribution < 1.29 is 0 Å². The largest absolute Gasteiger partial charge is 0.325 e. The second kappa shape index (κ2) is 4.05. The van der Waals surface area contributed by atoms with Gasteiger partial charge in [-0.05, 0) is 68.6 Å². The lowest BCUT2D eigenvalue weighted by atomic mass is 9.49. The first-order chi connectivity index (χ1) is 9.17. The molecule has 0 saturated heterocycles. The third kappa shape index (κ3) is 1.83. The topological polar surface area (TPSA) is 56.7 Å². The van der Waals surface area contributed by atoms with Gasteiger partial charge in [-0.3, -0.25) is 0 Å². The Kier molecular flexibility index (Phi) is 2.53. The molecule has 0 atom stereocenters. The first kappa shape index (κ1) is 11.9. The average molecular weight is 260 g/mol. The van der Waals surface area contributed by atoms with Crippen molar-refractivity contribution in [2.45, 2.75) is 58.5 Å². The Morgan fingerprint density at radius 1 is 1.16 bits per heavy atom. The molecule has 19 heavy (non-hydrogen) atoms. The van der Waals surface area contributed by atoms with Crippen LogP contribution >= 0.6 is 0 Å². The van der Waals surface area contributed by atoms with Gasteiger partial charge in [0.05, 0.1) is 11.4 Å². The first-order valence-electron chi connectivity index (χ1n) is 7.76. The molecule has 4 aliphatic carbocycles. The van der Waals surface area contributed by atoms with E-state index in [1.807, 2.05) is 0 Å². The van der Waals surface area contributed by atoms with Crippen molar-refractivity contribution in [1.82, 2.24) is 15.0 Å². The minimum absolute atomic E-state index is 0.507. The molecule has 104 valence electrons. The molecule has 4 aliphatic rings. The van der Waals surface area contributed by atoms with Gasteiger partial charge in [0.25, 0.3) is 0 Å². The van der Waals surface area contributed by atoms with Crippen molar-refractivity contribution >= 4 is 0 Å². The molecule has 4 heteroatoms. The number of rotatable bonds is 3. The van der Waals surface area contributed by atoms with Crippen LogP contribution in [-0.4, -0.2) is 15.0 Å². The molecule has 1 aromatic rings. The highest BCUT2D eigenvalue weighted by atomic mass is 15.4. The van der Waals surface area contributed by atoms with E-state index in [1.54, 1.807) is 0 Å². The smallest absolute Gasteiger partial charge is 0.0991 e. The molecular weight excluding hydrogens is 236 g/mol. The Morgan fingerprint density at radius 2 is 1.74 bits per heavy atom. The van der Waals surface area contributed by atoms with Gasteiger partial charge in [0.1, 0.15) is 0 Å². The van der Waals surface area contributed by atoms with Gasteiger partial charge in [-0.25, -0.2) is 4.68 Å². The van der Waals surface area contributed by atoms with Crippen LogP contribution < -0.4 is 5.73 Å². The third-order valence-corrected chi connectivity index (χ3v) is 5.92. The second-order valence-electron chi connectivity index (χ2n) is 7.40. The molecular formula is C15H24N4. The molecule has 0 amide bonds. The van der Waals surface area contributed by atoms with Crippen LogP contribution in [0.3, 0.4) is 0 Å². The summed E-state index contributed by atoms with van der Waals surface area (Å²) >= 11 is 0. The summed E-state index contributed by atoms with van der Waals surface area (Å²) in [4.78, 5) is 0. The van der Waals surface area contributed by atoms with E-state index in [2.05, 4.69) is 21.9 Å². The minimum Gasteiger partial charge on any atom is -0.325 e. The lowest BCUT2D eigenvalue weighted by molar-refractivity contribution is -0.0640. The van der Waals surface area contributed by atoms with E-state index >= 15 is 0 Å². The zero-order valence-corrected chi connectivity index (χ0v) is 11.8. The monoisotopic (exact) mass is 260 g/mol. The Morgan fingerprint density at radius 3 is 2.21 bits per heavy atom. The highest BCUT2D eigenvalue weighted by molar-refractivity contribution is 5.09. The van der Waals surface area contributed by atoms with Crippen molar-refractivity contribution in [2.24, 2.45) is 28.9 Å². The first-order valence-corrected chi connectivity index (χ1v) is 7.76. The predicted octanol–water partition coefficient (Wildman–Crippen LogP) is 2.26. The van der Waals surface area contributed by atoms with Crippen molar-refractivity contribution in [2.75, 3.05) is 0 Å². The van der Waals surface area contributed by atoms with Crippen LogP contribution in [-0.2, 0) is 13.1 Å². The number of aromatic nitrogens is 3. The zero-order valence-electron chi connectivity index (χ0n) is 11.8. The fraction of sp³-hybridized carbons (Fsp3) is 0.867. The lowest BCUT2D eigenvalue weighted by Crippen LogP contribution is -2.48. The van der Waals surface area contributed by atoms with Gasteiger partial charge in [0.2, 0.25) is 0 Å². The summed E-state index contributed by atoms with van der Waals surface area (Å²) < 4.78 is 2.13. The fourth-order valence-corrected chi connectivity index (χ4v) is 5.54. The van der Waals surface area contributed by atoms with Crippen molar-refractivity contribution in [3.8, 4) is 0 Å². The summed E-state index contributed by atoms with van der Waals surface area (Å²) in [5.74, 6) is 3.01. The molecule has 1 aromatic heterocycles. The summed E-state index contributed by atoms with van der Waals surface area (Å²) in [5.41, 5.74) is 8.38. The number of nitrogens with zero attached hydrogens (tertiary/aromatic N) is 3. The highest BCUT2D eigenvalue weighted by Gasteiger charge is 2.51. The predicted molar refractivity (Wildman–Crippen MR) is 73.3 cm³/mol. The van der Waals surface area contributed by atoms with Crippen LogP contribution in [0.25, 0.3) is 0 Å². The Hall–Kier alpha value is -0.900. The zero-order chi connectivity index (χ0) is 13.0. The van der Waals surface area contributed by atoms with E-state index in [0.29, 0.717) is 12.0 Å². The molecule has 4 fully saturated rings. The molecule has 4 nitrogen and oxygen atoms in total. The van der Waals surface area contributed by atoms with E-state index in [4.69, 9.17) is 5.73 Å². The van der Waals surface area contributed by atoms with Gasteiger partial charge in [-0.1, -0.05) is 5.21 Å². The molecule has 0 unspecified atom stereocenters. The van der Waals surface area contributed by atoms with Crippen LogP contribution in [0, 0.1) is 30.1 Å². The molecule has 0 spiro atoms. The van der Waals surface area contributed by atoms with Gasteiger partial charge >= 0.3 is 0 Å². The second-order valence-corrected chi connectivity index (χ2v) is 7.40. The van der Waals surface area contributed by atoms with E-state index < -0.39 is 0 Å². The maximum absolute atomic E-state index is 5.71. The minimum atomic E-state index is 0.507. The van der Waals surface area contributed by atoms with Crippen molar-refractivity contribution in [3.63, 3.8) is 0 Å². The average Bonchev–Trinajstić information content (AvgIpc) is 2.68. The van der Waals surface area contributed by atoms with Crippen molar-refractivity contribution in [3.05, 3.63) is 11.4 Å². The molecule has 2 N–H and O–H groups in total. The number of nitrogens with two attached hydrogens (primary N) is 1. The maximum Gasteiger partial charge on any atom is 0.0991 e. The van der Waals surface area contributed by atoms with E-state index in [-0.39, 0.29) is 0 Å². The summed E-state index contributed by atoms with van der Waals surface area (Å²) in [6.07, 6.45) is 8.79. The van der Waals surface area contributed by atoms with E-state index in [9.17, 15) is 0 Å². The van der Waals surface area contributed by atoms with Crippen LogP contribution in [0.2, 0.25) is 0 Å². The van der Waals surface area contributed by atoms with Crippen LogP contribution in [0.15, 0.2) is 0 Å². The van der Waals surface area contributed by atoms with E-state index in [1.165, 1.54) is 44.2 Å². The molecule has 1 heterocycles. The summed E-state index contributed by atoms with van der Waals surface area (Å²) in [6, 6.07) is 0. The quantitative estimate of drug-likeness (QED) is 0.907. The van der Waals surface area contributed by atoms with Gasteiger partial charge in [-0.2, -0.15) is 0 Å². The van der Waals surface area contributed by atoms with Crippen LogP contribution in [0.1, 0.15) is 49.9 Å². The summed E-state index contributed by atoms with van der Waals surface area (Å²) in [6.45, 7) is 3.70. The van der Waals surface area contributed by atoms with E-state index in [0.717, 1.165) is 30.0 Å². The summed E-state index contributed by atoms with van der Waals surface area (Å²) in [7, 11) is 0. The van der Waals surface area contributed by atoms with Gasteiger partial charge in [0, 0.05) is 13.1 Å². The molecule has 4 bridgehead atoms. The number of hydrogen-bond acceptors (Lipinski definition) is 3. The normalized spacial score (nSPS) is 40.0. The van der Waals surface area contributed by atoms with Crippen molar-refractivity contribution in [1.29, 1.82) is 0 Å². The Balaban J connectivity index is 1.60. The molecule has 4 saturated carbocycles. The van der Waals surface area contributed by atoms with Gasteiger partial charge < -0.3 is 5.73 Å². The Bertz CT molecular complexity index is 455. The highest BCUT2D eigenvalue weighted by Crippen LogP contribution is 2.60. The molecule has 0 aromatic carbocycles. The molecule has 0 aliphatic heterocycles. The van der Waals surface area contributed by atoms with Crippen LogP contribution in [0.4, 0.5) is 0 Å². The standard InChI is InChI=1S/C15H24N4/c1-10-14(8-16)17-18-19(10)9-15-5-11-2-12(6-15)4-13(3-11)7-15/h11-13H,2-9,16H2,1H3. The summed E-state index contributed by atoms with van der Waals surface area (Å²) in [5, 5.41) is 8.57. The van der Waals surface area contributed by atoms with Crippen LogP contribution in [0.5, 0.6) is 0 Å². The van der Waals surface area contributed by atoms with Gasteiger partial charge in [-0.15, -0.1) is 5.10 Å². The number of hydrogen-bond donors (Lipinski definition) is 1. The Labute approximate surface area is 114 Å². The molecule has 0 radical (unpaired) electrons. The molecule has 5 rings (SSSR count).